The van der Waals surface area contributed by atoms with Crippen LogP contribution in [0.3, 0.4) is 0 Å². The van der Waals surface area contributed by atoms with Crippen molar-refractivity contribution < 1.29 is 8.81 Å². The van der Waals surface area contributed by atoms with E-state index < -0.39 is 6.17 Å². The maximum Gasteiger partial charge on any atom is 0.195 e. The summed E-state index contributed by atoms with van der Waals surface area (Å²) in [6.07, 6.45) is 3.21. The third kappa shape index (κ3) is 2.77. The lowest BCUT2D eigenvalue weighted by molar-refractivity contribution is 0.0646. The largest absolute Gasteiger partial charge is 0.434 e. The van der Waals surface area contributed by atoms with Crippen LogP contribution in [-0.2, 0) is 6.42 Å². The molecule has 1 aliphatic heterocycles. The summed E-state index contributed by atoms with van der Waals surface area (Å²) in [4.78, 5) is 6.48. The van der Waals surface area contributed by atoms with Crippen LogP contribution in [0.25, 0.3) is 0 Å². The van der Waals surface area contributed by atoms with Gasteiger partial charge in [-0.05, 0) is 26.1 Å². The van der Waals surface area contributed by atoms with Crippen LogP contribution in [0.4, 0.5) is 4.39 Å². The lowest BCUT2D eigenvalue weighted by atomic mass is 10.1. The zero-order chi connectivity index (χ0) is 11.5. The average Bonchev–Trinajstić information content (AvgIpc) is 2.56. The van der Waals surface area contributed by atoms with E-state index in [4.69, 9.17) is 4.42 Å². The molecule has 16 heavy (non-hydrogen) atoms. The SMILES string of the molecule is CSc1oc(CCCN2CC(F)C2)nc1C. The smallest absolute Gasteiger partial charge is 0.195 e. The van der Waals surface area contributed by atoms with E-state index in [1.165, 1.54) is 0 Å². The van der Waals surface area contributed by atoms with Crippen LogP contribution in [0, 0.1) is 6.92 Å². The van der Waals surface area contributed by atoms with E-state index >= 15 is 0 Å². The van der Waals surface area contributed by atoms with Crippen LogP contribution in [0.1, 0.15) is 18.0 Å². The minimum atomic E-state index is -0.605. The summed E-state index contributed by atoms with van der Waals surface area (Å²) < 4.78 is 18.1. The summed E-state index contributed by atoms with van der Waals surface area (Å²) >= 11 is 1.58. The Kier molecular flexibility index (Phi) is 3.86. The molecule has 1 aliphatic rings. The molecule has 0 amide bonds. The quantitative estimate of drug-likeness (QED) is 0.743. The molecule has 0 unspecified atom stereocenters. The molecule has 1 aromatic heterocycles. The van der Waals surface area contributed by atoms with Gasteiger partial charge < -0.3 is 4.42 Å². The van der Waals surface area contributed by atoms with Gasteiger partial charge in [-0.2, -0.15) is 0 Å². The third-order valence-electron chi connectivity index (χ3n) is 2.76. The Morgan fingerprint density at radius 3 is 2.88 bits per heavy atom. The molecule has 1 saturated heterocycles. The van der Waals surface area contributed by atoms with Crippen LogP contribution in [0.15, 0.2) is 9.51 Å². The molecule has 1 fully saturated rings. The molecule has 0 atom stereocenters. The van der Waals surface area contributed by atoms with Crippen molar-refractivity contribution in [3.05, 3.63) is 11.6 Å². The van der Waals surface area contributed by atoms with Crippen molar-refractivity contribution in [1.82, 2.24) is 9.88 Å². The fourth-order valence-corrected chi connectivity index (χ4v) is 2.40. The first kappa shape index (κ1) is 11.9. The minimum absolute atomic E-state index is 0.598. The fraction of sp³-hybridized carbons (Fsp3) is 0.727. The Hall–Kier alpha value is -0.550. The van der Waals surface area contributed by atoms with Gasteiger partial charge in [-0.25, -0.2) is 9.37 Å². The number of thioether (sulfide) groups is 1. The molecule has 0 N–H and O–H groups in total. The lowest BCUT2D eigenvalue weighted by Crippen LogP contribution is -2.48. The van der Waals surface area contributed by atoms with E-state index in [-0.39, 0.29) is 0 Å². The molecule has 2 rings (SSSR count). The molecule has 0 spiro atoms. The van der Waals surface area contributed by atoms with E-state index in [9.17, 15) is 4.39 Å². The molecule has 1 aromatic rings. The monoisotopic (exact) mass is 244 g/mol. The zero-order valence-corrected chi connectivity index (χ0v) is 10.5. The number of aromatic nitrogens is 1. The second-order valence-corrected chi connectivity index (χ2v) is 4.92. The van der Waals surface area contributed by atoms with Crippen LogP contribution in [0.2, 0.25) is 0 Å². The van der Waals surface area contributed by atoms with Crippen molar-refractivity contribution in [3.63, 3.8) is 0 Å². The molecule has 90 valence electrons. The molecule has 0 aromatic carbocycles. The maximum absolute atomic E-state index is 12.5. The molecule has 0 radical (unpaired) electrons. The Bertz CT molecular complexity index is 350. The Morgan fingerprint density at radius 1 is 1.56 bits per heavy atom. The van der Waals surface area contributed by atoms with Gasteiger partial charge in [0.2, 0.25) is 0 Å². The number of oxazole rings is 1. The van der Waals surface area contributed by atoms with E-state index in [1.807, 2.05) is 13.2 Å². The summed E-state index contributed by atoms with van der Waals surface area (Å²) in [5, 5.41) is 0.905. The average molecular weight is 244 g/mol. The van der Waals surface area contributed by atoms with Crippen LogP contribution in [0.5, 0.6) is 0 Å². The summed E-state index contributed by atoms with van der Waals surface area (Å²) in [6, 6.07) is 0. The highest BCUT2D eigenvalue weighted by atomic mass is 32.2. The van der Waals surface area contributed by atoms with Crippen molar-refractivity contribution in [2.45, 2.75) is 31.0 Å². The number of rotatable bonds is 5. The van der Waals surface area contributed by atoms with Gasteiger partial charge in [0.1, 0.15) is 6.17 Å². The first-order valence-electron chi connectivity index (χ1n) is 5.55. The minimum Gasteiger partial charge on any atom is -0.434 e. The number of alkyl halides is 1. The third-order valence-corrected chi connectivity index (χ3v) is 3.51. The van der Waals surface area contributed by atoms with Crippen molar-refractivity contribution in [3.8, 4) is 0 Å². The van der Waals surface area contributed by atoms with Gasteiger partial charge in [0.15, 0.2) is 11.0 Å². The van der Waals surface area contributed by atoms with Crippen molar-refractivity contribution in [2.75, 3.05) is 25.9 Å². The molecule has 3 nitrogen and oxygen atoms in total. The van der Waals surface area contributed by atoms with Crippen molar-refractivity contribution in [1.29, 1.82) is 0 Å². The molecular formula is C11H17FN2OS. The predicted octanol–water partition coefficient (Wildman–Crippen LogP) is 2.29. The van der Waals surface area contributed by atoms with Gasteiger partial charge in [0.05, 0.1) is 5.69 Å². The van der Waals surface area contributed by atoms with Crippen LogP contribution < -0.4 is 0 Å². The second-order valence-electron chi connectivity index (χ2n) is 4.15. The van der Waals surface area contributed by atoms with E-state index in [2.05, 4.69) is 9.88 Å². The fourth-order valence-electron chi connectivity index (χ4n) is 1.88. The van der Waals surface area contributed by atoms with Gasteiger partial charge in [-0.15, -0.1) is 0 Å². The summed E-state index contributed by atoms with van der Waals surface area (Å²) in [6.45, 7) is 4.10. The first-order valence-corrected chi connectivity index (χ1v) is 6.78. The summed E-state index contributed by atoms with van der Waals surface area (Å²) in [5.41, 5.74) is 0.968. The Labute approximate surface area is 99.4 Å². The number of nitrogens with zero attached hydrogens (tertiary/aromatic N) is 2. The topological polar surface area (TPSA) is 29.3 Å². The van der Waals surface area contributed by atoms with Gasteiger partial charge >= 0.3 is 0 Å². The zero-order valence-electron chi connectivity index (χ0n) is 9.70. The first-order chi connectivity index (χ1) is 7.69. The van der Waals surface area contributed by atoms with Crippen molar-refractivity contribution in [2.24, 2.45) is 0 Å². The number of hydrogen-bond donors (Lipinski definition) is 0. The van der Waals surface area contributed by atoms with Crippen molar-refractivity contribution >= 4 is 11.8 Å². The maximum atomic E-state index is 12.5. The highest BCUT2D eigenvalue weighted by molar-refractivity contribution is 7.98. The van der Waals surface area contributed by atoms with E-state index in [0.29, 0.717) is 13.1 Å². The standard InChI is InChI=1S/C11H17FN2OS/c1-8-11(16-2)15-10(13-8)4-3-5-14-6-9(12)7-14/h9H,3-7H2,1-2H3. The Morgan fingerprint density at radius 2 is 2.31 bits per heavy atom. The number of hydrogen-bond acceptors (Lipinski definition) is 4. The highest BCUT2D eigenvalue weighted by Gasteiger charge is 2.25. The van der Waals surface area contributed by atoms with Crippen LogP contribution in [-0.4, -0.2) is 41.9 Å². The molecule has 5 heteroatoms. The molecular weight excluding hydrogens is 227 g/mol. The summed E-state index contributed by atoms with van der Waals surface area (Å²) in [5.74, 6) is 0.805. The summed E-state index contributed by atoms with van der Waals surface area (Å²) in [7, 11) is 0. The van der Waals surface area contributed by atoms with E-state index in [0.717, 1.165) is 36.1 Å². The van der Waals surface area contributed by atoms with Crippen LogP contribution >= 0.6 is 11.8 Å². The molecule has 2 heterocycles. The molecule has 0 saturated carbocycles. The number of aryl methyl sites for hydroxylation is 2. The normalized spacial score (nSPS) is 17.7. The predicted molar refractivity (Wildman–Crippen MR) is 62.7 cm³/mol. The Balaban J connectivity index is 1.72. The number of halogens is 1. The van der Waals surface area contributed by atoms with Gasteiger partial charge in [-0.1, -0.05) is 11.8 Å². The van der Waals surface area contributed by atoms with Gasteiger partial charge in [0.25, 0.3) is 0 Å². The molecule has 0 bridgehead atoms. The second kappa shape index (κ2) is 5.19. The highest BCUT2D eigenvalue weighted by Crippen LogP contribution is 2.21. The van der Waals surface area contributed by atoms with E-state index in [1.54, 1.807) is 11.8 Å². The van der Waals surface area contributed by atoms with Gasteiger partial charge in [0, 0.05) is 19.5 Å². The molecule has 0 aliphatic carbocycles. The van der Waals surface area contributed by atoms with Gasteiger partial charge in [-0.3, -0.25) is 4.90 Å². The number of likely N-dealkylation sites (tertiary alicyclic amines) is 1. The lowest BCUT2D eigenvalue weighted by Gasteiger charge is -2.33.